The summed E-state index contributed by atoms with van der Waals surface area (Å²) in [5.74, 6) is -2.98. The number of carbonyl (C=O) groups is 3. The summed E-state index contributed by atoms with van der Waals surface area (Å²) in [6.07, 6.45) is 1.77. The number of anilines is 1. The van der Waals surface area contributed by atoms with Crippen molar-refractivity contribution in [3.63, 3.8) is 0 Å². The van der Waals surface area contributed by atoms with Gasteiger partial charge >= 0.3 is 0 Å². The maximum absolute atomic E-state index is 13.3. The summed E-state index contributed by atoms with van der Waals surface area (Å²) < 4.78 is 42.7. The van der Waals surface area contributed by atoms with E-state index in [-0.39, 0.29) is 35.6 Å². The molecule has 1 saturated heterocycles. The van der Waals surface area contributed by atoms with Gasteiger partial charge in [0.2, 0.25) is 5.91 Å². The minimum Gasteiger partial charge on any atom is -0.485 e. The van der Waals surface area contributed by atoms with E-state index < -0.39 is 36.0 Å². The molecule has 2 aliphatic heterocycles. The van der Waals surface area contributed by atoms with Crippen molar-refractivity contribution in [1.82, 2.24) is 5.32 Å². The maximum Gasteiger partial charge on any atom is 0.265 e. The van der Waals surface area contributed by atoms with Gasteiger partial charge in [0, 0.05) is 24.8 Å². The first kappa shape index (κ1) is 23.6. The van der Waals surface area contributed by atoms with E-state index in [4.69, 9.17) is 14.2 Å². The molecule has 0 spiro atoms. The Bertz CT molecular complexity index is 1100. The number of nitrogens with one attached hydrogen (secondary N) is 1. The molecule has 1 N–H and O–H groups in total. The minimum absolute atomic E-state index is 0.00174. The fourth-order valence-corrected chi connectivity index (χ4v) is 3.85. The number of carbonyl (C=O) groups excluding carboxylic acids is 3. The first-order valence-electron chi connectivity index (χ1n) is 10.9. The van der Waals surface area contributed by atoms with Gasteiger partial charge in [0.15, 0.2) is 30.6 Å². The second kappa shape index (κ2) is 10.2. The lowest BCUT2D eigenvalue weighted by molar-refractivity contribution is -0.127. The highest BCUT2D eigenvalue weighted by molar-refractivity contribution is 6.05. The quantitative estimate of drug-likeness (QED) is 0.592. The van der Waals surface area contributed by atoms with Crippen LogP contribution in [0, 0.1) is 11.6 Å². The zero-order chi connectivity index (χ0) is 24.2. The molecule has 8 nitrogen and oxygen atoms in total. The second-order valence-corrected chi connectivity index (χ2v) is 8.08. The van der Waals surface area contributed by atoms with Crippen molar-refractivity contribution in [2.75, 3.05) is 31.3 Å². The monoisotopic (exact) mass is 474 g/mol. The Morgan fingerprint density at radius 2 is 2.03 bits per heavy atom. The Kier molecular flexibility index (Phi) is 7.06. The number of nitrogens with zero attached hydrogens (tertiary/aromatic N) is 1. The van der Waals surface area contributed by atoms with Crippen molar-refractivity contribution in [3.8, 4) is 11.5 Å². The molecule has 2 aromatic carbocycles. The molecule has 2 heterocycles. The van der Waals surface area contributed by atoms with Gasteiger partial charge in [-0.2, -0.15) is 0 Å². The van der Waals surface area contributed by atoms with E-state index in [2.05, 4.69) is 5.32 Å². The van der Waals surface area contributed by atoms with Crippen LogP contribution in [0.5, 0.6) is 11.5 Å². The number of fused-ring (bicyclic) bond motifs is 1. The molecule has 2 aromatic rings. The van der Waals surface area contributed by atoms with Crippen LogP contribution < -0.4 is 19.7 Å². The normalized spacial score (nSPS) is 18.1. The number of rotatable bonds is 8. The summed E-state index contributed by atoms with van der Waals surface area (Å²) in [5.41, 5.74) is 0.492. The molecule has 180 valence electrons. The van der Waals surface area contributed by atoms with Crippen molar-refractivity contribution < 1.29 is 37.4 Å². The molecule has 2 unspecified atom stereocenters. The first-order valence-corrected chi connectivity index (χ1v) is 10.9. The van der Waals surface area contributed by atoms with Gasteiger partial charge in [-0.15, -0.1) is 0 Å². The molecule has 0 aromatic heterocycles. The third-order valence-corrected chi connectivity index (χ3v) is 5.72. The van der Waals surface area contributed by atoms with Crippen LogP contribution in [0.4, 0.5) is 14.5 Å². The fourth-order valence-electron chi connectivity index (χ4n) is 3.85. The van der Waals surface area contributed by atoms with Crippen molar-refractivity contribution in [3.05, 3.63) is 53.6 Å². The molecule has 2 amide bonds. The molecule has 4 rings (SSSR count). The van der Waals surface area contributed by atoms with Gasteiger partial charge in [-0.05, 0) is 50.1 Å². The Morgan fingerprint density at radius 3 is 2.76 bits per heavy atom. The molecule has 0 radical (unpaired) electrons. The molecule has 2 aliphatic rings. The molecule has 0 bridgehead atoms. The molecule has 2 atom stereocenters. The highest BCUT2D eigenvalue weighted by atomic mass is 19.2. The molecule has 1 fully saturated rings. The number of benzene rings is 2. The van der Waals surface area contributed by atoms with E-state index in [1.54, 1.807) is 6.92 Å². The van der Waals surface area contributed by atoms with E-state index in [1.165, 1.54) is 29.2 Å². The summed E-state index contributed by atoms with van der Waals surface area (Å²) in [4.78, 5) is 39.3. The number of hydrogen-bond donors (Lipinski definition) is 1. The van der Waals surface area contributed by atoms with Crippen LogP contribution in [0.25, 0.3) is 0 Å². The van der Waals surface area contributed by atoms with Crippen LogP contribution in [0.2, 0.25) is 0 Å². The van der Waals surface area contributed by atoms with Crippen LogP contribution in [-0.2, 0) is 14.3 Å². The van der Waals surface area contributed by atoms with E-state index in [0.717, 1.165) is 25.0 Å². The molecule has 34 heavy (non-hydrogen) atoms. The molecule has 0 saturated carbocycles. The zero-order valence-electron chi connectivity index (χ0n) is 18.5. The lowest BCUT2D eigenvalue weighted by Gasteiger charge is -2.33. The Morgan fingerprint density at radius 1 is 1.21 bits per heavy atom. The Labute approximate surface area is 194 Å². The van der Waals surface area contributed by atoms with E-state index in [0.29, 0.717) is 18.9 Å². The van der Waals surface area contributed by atoms with Gasteiger partial charge in [-0.3, -0.25) is 19.3 Å². The van der Waals surface area contributed by atoms with Crippen LogP contribution >= 0.6 is 0 Å². The lowest BCUT2D eigenvalue weighted by atomic mass is 10.1. The highest BCUT2D eigenvalue weighted by Gasteiger charge is 2.34. The van der Waals surface area contributed by atoms with E-state index >= 15 is 0 Å². The zero-order valence-corrected chi connectivity index (χ0v) is 18.5. The van der Waals surface area contributed by atoms with Crippen LogP contribution in [0.1, 0.15) is 30.1 Å². The van der Waals surface area contributed by atoms with Crippen LogP contribution in [-0.4, -0.2) is 56.1 Å². The van der Waals surface area contributed by atoms with Gasteiger partial charge in [0.1, 0.15) is 17.5 Å². The van der Waals surface area contributed by atoms with Crippen molar-refractivity contribution in [2.24, 2.45) is 0 Å². The van der Waals surface area contributed by atoms with E-state index in [9.17, 15) is 23.2 Å². The Hall–Kier alpha value is -3.53. The summed E-state index contributed by atoms with van der Waals surface area (Å²) in [7, 11) is 0. The maximum atomic E-state index is 13.3. The average molecular weight is 474 g/mol. The molecular formula is C24H24F2N2O6. The van der Waals surface area contributed by atoms with Crippen LogP contribution in [0.3, 0.4) is 0 Å². The average Bonchev–Trinajstić information content (AvgIpc) is 3.36. The predicted molar refractivity (Wildman–Crippen MR) is 117 cm³/mol. The third kappa shape index (κ3) is 5.17. The lowest BCUT2D eigenvalue weighted by Crippen LogP contribution is -2.52. The number of ether oxygens (including phenoxy) is 3. The molecular weight excluding hydrogens is 450 g/mol. The fraction of sp³-hybridized carbons (Fsp3) is 0.375. The number of amides is 2. The van der Waals surface area contributed by atoms with Crippen molar-refractivity contribution in [2.45, 2.75) is 31.9 Å². The SMILES string of the molecule is CC(C(=O)NCC1CCCO1)N1C(=O)COc2ccc(C(=O)COc3ccc(F)c(F)c3)cc21. The number of Topliss-reactive ketones (excluding diaryl/α,β-unsaturated/α-hetero) is 1. The van der Waals surface area contributed by atoms with Gasteiger partial charge in [0.05, 0.1) is 11.8 Å². The standard InChI is InChI=1S/C24H24F2N2O6/c1-14(24(31)27-11-17-3-2-8-32-17)28-20-9-15(4-7-22(20)34-13-23(28)30)21(29)12-33-16-5-6-18(25)19(26)10-16/h4-7,9-10,14,17H,2-3,8,11-13H2,1H3,(H,27,31). The van der Waals surface area contributed by atoms with Gasteiger partial charge in [-0.1, -0.05) is 0 Å². The largest absolute Gasteiger partial charge is 0.485 e. The first-order chi connectivity index (χ1) is 16.3. The van der Waals surface area contributed by atoms with Crippen molar-refractivity contribution in [1.29, 1.82) is 0 Å². The molecule has 10 heteroatoms. The number of hydrogen-bond acceptors (Lipinski definition) is 6. The highest BCUT2D eigenvalue weighted by Crippen LogP contribution is 2.34. The topological polar surface area (TPSA) is 94.2 Å². The van der Waals surface area contributed by atoms with Gasteiger partial charge in [0.25, 0.3) is 5.91 Å². The second-order valence-electron chi connectivity index (χ2n) is 8.08. The predicted octanol–water partition coefficient (Wildman–Crippen LogP) is 2.64. The third-order valence-electron chi connectivity index (χ3n) is 5.72. The summed E-state index contributed by atoms with van der Waals surface area (Å²) in [5, 5.41) is 2.81. The van der Waals surface area contributed by atoms with Gasteiger partial charge in [-0.25, -0.2) is 8.78 Å². The summed E-state index contributed by atoms with van der Waals surface area (Å²) >= 11 is 0. The van der Waals surface area contributed by atoms with E-state index in [1.807, 2.05) is 0 Å². The van der Waals surface area contributed by atoms with Gasteiger partial charge < -0.3 is 19.5 Å². The Balaban J connectivity index is 1.46. The van der Waals surface area contributed by atoms with Crippen LogP contribution in [0.15, 0.2) is 36.4 Å². The number of halogens is 2. The number of ketones is 1. The summed E-state index contributed by atoms with van der Waals surface area (Å²) in [6, 6.07) is 6.61. The molecule has 0 aliphatic carbocycles. The smallest absolute Gasteiger partial charge is 0.265 e. The minimum atomic E-state index is -1.09. The van der Waals surface area contributed by atoms with Crippen molar-refractivity contribution >= 4 is 23.3 Å². The summed E-state index contributed by atoms with van der Waals surface area (Å²) in [6.45, 7) is 1.95.